The first-order valence-corrected chi connectivity index (χ1v) is 11.0. The molecule has 2 fully saturated rings. The second-order valence-corrected chi connectivity index (χ2v) is 9.06. The van der Waals surface area contributed by atoms with Gasteiger partial charge in [-0.2, -0.15) is 4.98 Å². The van der Waals surface area contributed by atoms with Crippen LogP contribution in [-0.4, -0.2) is 52.0 Å². The summed E-state index contributed by atoms with van der Waals surface area (Å²) in [7, 11) is 0. The Bertz CT molecular complexity index is 864. The third kappa shape index (κ3) is 4.93. The predicted molar refractivity (Wildman–Crippen MR) is 113 cm³/mol. The van der Waals surface area contributed by atoms with Gasteiger partial charge in [-0.15, -0.1) is 0 Å². The lowest BCUT2D eigenvalue weighted by Crippen LogP contribution is -2.45. The standard InChI is InChI=1S/C21H26Cl2N4O2/c1-14-3-2-8-27(12-14)21(28)15-6-9-26(10-7-15)13-19-24-20(25-29-19)17-5-4-16(22)11-18(17)23/h4-5,11,14-15H,2-3,6-10,12-13H2,1H3. The van der Waals surface area contributed by atoms with Gasteiger partial charge in [-0.1, -0.05) is 35.3 Å². The molecular formula is C21H26Cl2N4O2. The zero-order chi connectivity index (χ0) is 20.4. The van der Waals surface area contributed by atoms with Gasteiger partial charge in [0.2, 0.25) is 17.6 Å². The lowest BCUT2D eigenvalue weighted by atomic mass is 9.93. The molecule has 2 saturated heterocycles. The molecule has 6 nitrogen and oxygen atoms in total. The minimum Gasteiger partial charge on any atom is -0.342 e. The number of likely N-dealkylation sites (tertiary alicyclic amines) is 2. The second-order valence-electron chi connectivity index (χ2n) is 8.22. The number of hydrogen-bond acceptors (Lipinski definition) is 5. The van der Waals surface area contributed by atoms with Crippen molar-refractivity contribution in [3.8, 4) is 11.4 Å². The molecule has 0 aliphatic carbocycles. The van der Waals surface area contributed by atoms with Gasteiger partial charge in [0.05, 0.1) is 11.6 Å². The predicted octanol–water partition coefficient (Wildman–Crippen LogP) is 4.51. The van der Waals surface area contributed by atoms with Crippen LogP contribution in [0, 0.1) is 11.8 Å². The largest absolute Gasteiger partial charge is 0.342 e. The molecule has 4 rings (SSSR count). The summed E-state index contributed by atoms with van der Waals surface area (Å²) >= 11 is 12.2. The van der Waals surface area contributed by atoms with Gasteiger partial charge in [-0.25, -0.2) is 0 Å². The Morgan fingerprint density at radius 3 is 2.72 bits per heavy atom. The fourth-order valence-corrected chi connectivity index (χ4v) is 4.77. The molecule has 1 aromatic carbocycles. The minimum absolute atomic E-state index is 0.141. The van der Waals surface area contributed by atoms with E-state index in [1.807, 2.05) is 0 Å². The van der Waals surface area contributed by atoms with Gasteiger partial charge in [0, 0.05) is 29.6 Å². The van der Waals surface area contributed by atoms with Crippen molar-refractivity contribution in [2.45, 2.75) is 39.2 Å². The Labute approximate surface area is 181 Å². The lowest BCUT2D eigenvalue weighted by Gasteiger charge is -2.36. The van der Waals surface area contributed by atoms with Crippen molar-refractivity contribution in [2.24, 2.45) is 11.8 Å². The lowest BCUT2D eigenvalue weighted by molar-refractivity contribution is -0.138. The maximum absolute atomic E-state index is 12.8. The number of benzene rings is 1. The third-order valence-corrected chi connectivity index (χ3v) is 6.45. The van der Waals surface area contributed by atoms with Gasteiger partial charge in [-0.05, 0) is 62.9 Å². The Morgan fingerprint density at radius 2 is 2.00 bits per heavy atom. The van der Waals surface area contributed by atoms with Crippen LogP contribution in [0.15, 0.2) is 22.7 Å². The van der Waals surface area contributed by atoms with E-state index < -0.39 is 0 Å². The zero-order valence-corrected chi connectivity index (χ0v) is 18.1. The van der Waals surface area contributed by atoms with Crippen LogP contribution in [0.5, 0.6) is 0 Å². The van der Waals surface area contributed by atoms with E-state index in [0.29, 0.717) is 45.7 Å². The highest BCUT2D eigenvalue weighted by molar-refractivity contribution is 6.36. The summed E-state index contributed by atoms with van der Waals surface area (Å²) in [6.45, 7) is 6.37. The highest BCUT2D eigenvalue weighted by atomic mass is 35.5. The van der Waals surface area contributed by atoms with E-state index in [1.54, 1.807) is 18.2 Å². The Morgan fingerprint density at radius 1 is 1.21 bits per heavy atom. The van der Waals surface area contributed by atoms with Crippen LogP contribution in [0.3, 0.4) is 0 Å². The second kappa shape index (κ2) is 9.02. The number of nitrogens with zero attached hydrogens (tertiary/aromatic N) is 4. The number of aromatic nitrogens is 2. The summed E-state index contributed by atoms with van der Waals surface area (Å²) in [4.78, 5) is 21.6. The van der Waals surface area contributed by atoms with Gasteiger partial charge < -0.3 is 9.42 Å². The molecule has 2 aliphatic rings. The number of carbonyl (C=O) groups excluding carboxylic acids is 1. The van der Waals surface area contributed by atoms with Crippen LogP contribution in [0.2, 0.25) is 10.0 Å². The number of piperidine rings is 2. The summed E-state index contributed by atoms with van der Waals surface area (Å²) in [5.41, 5.74) is 0.700. The molecular weight excluding hydrogens is 411 g/mol. The Hall–Kier alpha value is -1.63. The number of halogens is 2. The van der Waals surface area contributed by atoms with E-state index in [2.05, 4.69) is 26.9 Å². The first-order valence-electron chi connectivity index (χ1n) is 10.3. The normalized spacial score (nSPS) is 21.5. The van der Waals surface area contributed by atoms with E-state index in [0.717, 1.165) is 45.4 Å². The molecule has 0 N–H and O–H groups in total. The molecule has 29 heavy (non-hydrogen) atoms. The summed E-state index contributed by atoms with van der Waals surface area (Å²) in [5.74, 6) is 2.12. The SMILES string of the molecule is CC1CCCN(C(=O)C2CCN(Cc3nc(-c4ccc(Cl)cc4Cl)no3)CC2)C1. The summed E-state index contributed by atoms with van der Waals surface area (Å²) in [5, 5.41) is 5.12. The highest BCUT2D eigenvalue weighted by Gasteiger charge is 2.31. The van der Waals surface area contributed by atoms with Crippen molar-refractivity contribution in [1.29, 1.82) is 0 Å². The summed E-state index contributed by atoms with van der Waals surface area (Å²) in [6.07, 6.45) is 4.12. The van der Waals surface area contributed by atoms with Crippen LogP contribution in [-0.2, 0) is 11.3 Å². The molecule has 0 bridgehead atoms. The van der Waals surface area contributed by atoms with Gasteiger partial charge >= 0.3 is 0 Å². The molecule has 2 aliphatic heterocycles. The van der Waals surface area contributed by atoms with E-state index in [4.69, 9.17) is 27.7 Å². The van der Waals surface area contributed by atoms with Gasteiger partial charge in [-0.3, -0.25) is 9.69 Å². The van der Waals surface area contributed by atoms with E-state index in [9.17, 15) is 4.79 Å². The number of carbonyl (C=O) groups is 1. The first kappa shape index (κ1) is 20.6. The van der Waals surface area contributed by atoms with E-state index in [-0.39, 0.29) is 5.92 Å². The summed E-state index contributed by atoms with van der Waals surface area (Å²) < 4.78 is 5.42. The number of hydrogen-bond donors (Lipinski definition) is 0. The molecule has 2 aromatic rings. The Kier molecular flexibility index (Phi) is 6.42. The average molecular weight is 437 g/mol. The van der Waals surface area contributed by atoms with Crippen molar-refractivity contribution in [2.75, 3.05) is 26.2 Å². The van der Waals surface area contributed by atoms with Crippen molar-refractivity contribution < 1.29 is 9.32 Å². The number of amides is 1. The molecule has 3 heterocycles. The van der Waals surface area contributed by atoms with Crippen LogP contribution in [0.4, 0.5) is 0 Å². The molecule has 0 radical (unpaired) electrons. The smallest absolute Gasteiger partial charge is 0.241 e. The maximum Gasteiger partial charge on any atom is 0.241 e. The topological polar surface area (TPSA) is 62.5 Å². The van der Waals surface area contributed by atoms with E-state index >= 15 is 0 Å². The molecule has 0 saturated carbocycles. The minimum atomic E-state index is 0.141. The zero-order valence-electron chi connectivity index (χ0n) is 16.6. The van der Waals surface area contributed by atoms with Crippen LogP contribution < -0.4 is 0 Å². The molecule has 0 spiro atoms. The number of rotatable bonds is 4. The van der Waals surface area contributed by atoms with Gasteiger partial charge in [0.25, 0.3) is 0 Å². The first-order chi connectivity index (χ1) is 14.0. The summed E-state index contributed by atoms with van der Waals surface area (Å²) in [6, 6.07) is 5.21. The molecule has 1 atom stereocenters. The maximum atomic E-state index is 12.8. The monoisotopic (exact) mass is 436 g/mol. The fraction of sp³-hybridized carbons (Fsp3) is 0.571. The van der Waals surface area contributed by atoms with Crippen molar-refractivity contribution in [3.63, 3.8) is 0 Å². The van der Waals surface area contributed by atoms with Gasteiger partial charge in [0.15, 0.2) is 0 Å². The van der Waals surface area contributed by atoms with Crippen molar-refractivity contribution in [3.05, 3.63) is 34.1 Å². The fourth-order valence-electron chi connectivity index (χ4n) is 4.28. The van der Waals surface area contributed by atoms with Crippen LogP contribution in [0.1, 0.15) is 38.5 Å². The molecule has 1 unspecified atom stereocenters. The molecule has 1 amide bonds. The molecule has 1 aromatic heterocycles. The van der Waals surface area contributed by atoms with Crippen molar-refractivity contribution in [1.82, 2.24) is 19.9 Å². The Balaban J connectivity index is 1.31. The molecule has 8 heteroatoms. The van der Waals surface area contributed by atoms with Gasteiger partial charge in [0.1, 0.15) is 0 Å². The molecule has 156 valence electrons. The van der Waals surface area contributed by atoms with Crippen molar-refractivity contribution >= 4 is 29.1 Å². The average Bonchev–Trinajstić information content (AvgIpc) is 3.16. The quantitative estimate of drug-likeness (QED) is 0.704. The van der Waals surface area contributed by atoms with Crippen LogP contribution >= 0.6 is 23.2 Å². The highest BCUT2D eigenvalue weighted by Crippen LogP contribution is 2.29. The third-order valence-electron chi connectivity index (χ3n) is 5.90. The van der Waals surface area contributed by atoms with E-state index in [1.165, 1.54) is 6.42 Å². The van der Waals surface area contributed by atoms with Crippen LogP contribution in [0.25, 0.3) is 11.4 Å².